The zero-order chi connectivity index (χ0) is 12.8. The fourth-order valence-electron chi connectivity index (χ4n) is 1.35. The molecule has 0 bridgehead atoms. The van der Waals surface area contributed by atoms with Crippen LogP contribution in [-0.4, -0.2) is 19.1 Å². The Balaban J connectivity index is 2.47. The number of carbonyl (C=O) groups excluding carboxylic acids is 1. The van der Waals surface area contributed by atoms with Gasteiger partial charge in [0, 0.05) is 6.54 Å². The first-order valence-electron chi connectivity index (χ1n) is 5.71. The summed E-state index contributed by atoms with van der Waals surface area (Å²) in [4.78, 5) is 11.6. The average molecular weight is 236 g/mol. The molecule has 3 N–H and O–H groups in total. The highest BCUT2D eigenvalue weighted by molar-refractivity contribution is 5.81. The Morgan fingerprint density at radius 3 is 2.41 bits per heavy atom. The highest BCUT2D eigenvalue weighted by Crippen LogP contribution is 2.11. The predicted octanol–water partition coefficient (Wildman–Crippen LogP) is 1.29. The van der Waals surface area contributed by atoms with E-state index in [9.17, 15) is 4.79 Å². The summed E-state index contributed by atoms with van der Waals surface area (Å²) in [5.41, 5.74) is 6.76. The van der Waals surface area contributed by atoms with Crippen LogP contribution in [0.2, 0.25) is 0 Å². The van der Waals surface area contributed by atoms with Crippen LogP contribution in [0.3, 0.4) is 0 Å². The number of ether oxygens (including phenoxy) is 1. The molecule has 17 heavy (non-hydrogen) atoms. The minimum absolute atomic E-state index is 0.115. The highest BCUT2D eigenvalue weighted by atomic mass is 16.5. The molecule has 1 rings (SSSR count). The van der Waals surface area contributed by atoms with Crippen molar-refractivity contribution in [1.29, 1.82) is 0 Å². The van der Waals surface area contributed by atoms with Gasteiger partial charge in [-0.15, -0.1) is 0 Å². The van der Waals surface area contributed by atoms with E-state index in [2.05, 4.69) is 5.32 Å². The number of nitrogens with two attached hydrogens (primary N) is 1. The predicted molar refractivity (Wildman–Crippen MR) is 67.7 cm³/mol. The van der Waals surface area contributed by atoms with E-state index in [0.717, 1.165) is 11.3 Å². The van der Waals surface area contributed by atoms with E-state index < -0.39 is 6.04 Å². The molecular weight excluding hydrogens is 216 g/mol. The lowest BCUT2D eigenvalue weighted by Gasteiger charge is -2.15. The molecule has 1 amide bonds. The summed E-state index contributed by atoms with van der Waals surface area (Å²) in [6, 6.07) is 7.11. The van der Waals surface area contributed by atoms with Gasteiger partial charge in [0.25, 0.3) is 0 Å². The maximum Gasteiger partial charge on any atom is 0.237 e. The Bertz CT molecular complexity index is 360. The molecule has 0 radical (unpaired) electrons. The maximum absolute atomic E-state index is 11.6. The quantitative estimate of drug-likeness (QED) is 0.809. The fourth-order valence-corrected chi connectivity index (χ4v) is 1.35. The van der Waals surface area contributed by atoms with Crippen LogP contribution in [0.4, 0.5) is 0 Å². The number of methoxy groups -OCH3 is 1. The molecule has 94 valence electrons. The number of amides is 1. The number of carbonyl (C=O) groups is 1. The van der Waals surface area contributed by atoms with Crippen LogP contribution >= 0.6 is 0 Å². The summed E-state index contributed by atoms with van der Waals surface area (Å²) < 4.78 is 5.06. The topological polar surface area (TPSA) is 64.3 Å². The van der Waals surface area contributed by atoms with E-state index in [4.69, 9.17) is 10.5 Å². The van der Waals surface area contributed by atoms with Gasteiger partial charge in [-0.2, -0.15) is 0 Å². The molecular formula is C13H20N2O2. The largest absolute Gasteiger partial charge is 0.497 e. The number of hydrogen-bond donors (Lipinski definition) is 2. The van der Waals surface area contributed by atoms with Gasteiger partial charge in [-0.3, -0.25) is 4.79 Å². The van der Waals surface area contributed by atoms with Crippen molar-refractivity contribution in [2.45, 2.75) is 26.4 Å². The third-order valence-corrected chi connectivity index (χ3v) is 2.65. The van der Waals surface area contributed by atoms with Gasteiger partial charge < -0.3 is 15.8 Å². The molecule has 0 aliphatic heterocycles. The van der Waals surface area contributed by atoms with Gasteiger partial charge in [0.1, 0.15) is 5.75 Å². The Labute approximate surface area is 102 Å². The third-order valence-electron chi connectivity index (χ3n) is 2.65. The monoisotopic (exact) mass is 236 g/mol. The molecule has 0 aliphatic rings. The lowest BCUT2D eigenvalue weighted by atomic mass is 10.0. The van der Waals surface area contributed by atoms with E-state index in [-0.39, 0.29) is 11.8 Å². The zero-order valence-electron chi connectivity index (χ0n) is 10.6. The first-order chi connectivity index (χ1) is 8.04. The van der Waals surface area contributed by atoms with Crippen LogP contribution in [0.15, 0.2) is 24.3 Å². The third kappa shape index (κ3) is 4.07. The molecule has 1 aromatic rings. The Kier molecular flexibility index (Phi) is 4.97. The Morgan fingerprint density at radius 2 is 1.94 bits per heavy atom. The first-order valence-corrected chi connectivity index (χ1v) is 5.71. The lowest BCUT2D eigenvalue weighted by Crippen LogP contribution is -2.43. The van der Waals surface area contributed by atoms with Crippen molar-refractivity contribution in [3.63, 3.8) is 0 Å². The Hall–Kier alpha value is -1.55. The molecule has 0 aliphatic carbocycles. The number of hydrogen-bond acceptors (Lipinski definition) is 3. The SMILES string of the molecule is COc1ccc(CNC(=O)[C@@H](N)C(C)C)cc1. The maximum atomic E-state index is 11.6. The van der Waals surface area contributed by atoms with E-state index in [1.165, 1.54) is 0 Å². The van der Waals surface area contributed by atoms with Crippen LogP contribution in [0.25, 0.3) is 0 Å². The van der Waals surface area contributed by atoms with Gasteiger partial charge in [0.2, 0.25) is 5.91 Å². The lowest BCUT2D eigenvalue weighted by molar-refractivity contribution is -0.123. The number of benzene rings is 1. The first kappa shape index (κ1) is 13.5. The molecule has 0 fully saturated rings. The van der Waals surface area contributed by atoms with Crippen LogP contribution in [0, 0.1) is 5.92 Å². The van der Waals surface area contributed by atoms with Gasteiger partial charge >= 0.3 is 0 Å². The van der Waals surface area contributed by atoms with Crippen LogP contribution in [-0.2, 0) is 11.3 Å². The highest BCUT2D eigenvalue weighted by Gasteiger charge is 2.16. The van der Waals surface area contributed by atoms with Crippen LogP contribution in [0.5, 0.6) is 5.75 Å². The molecule has 0 saturated carbocycles. The molecule has 0 saturated heterocycles. The van der Waals surface area contributed by atoms with Crippen LogP contribution < -0.4 is 15.8 Å². The summed E-state index contributed by atoms with van der Waals surface area (Å²) >= 11 is 0. The fraction of sp³-hybridized carbons (Fsp3) is 0.462. The van der Waals surface area contributed by atoms with E-state index >= 15 is 0 Å². The van der Waals surface area contributed by atoms with Crippen molar-refractivity contribution in [3.8, 4) is 5.75 Å². The van der Waals surface area contributed by atoms with Crippen molar-refractivity contribution in [1.82, 2.24) is 5.32 Å². The van der Waals surface area contributed by atoms with E-state index in [1.807, 2.05) is 38.1 Å². The standard InChI is InChI=1S/C13H20N2O2/c1-9(2)12(14)13(16)15-8-10-4-6-11(17-3)7-5-10/h4-7,9,12H,8,14H2,1-3H3,(H,15,16)/t12-/m0/s1. The van der Waals surface area contributed by atoms with Gasteiger partial charge in [-0.05, 0) is 23.6 Å². The average Bonchev–Trinajstić information content (AvgIpc) is 2.35. The molecule has 1 atom stereocenters. The molecule has 1 aromatic carbocycles. The summed E-state index contributed by atoms with van der Waals surface area (Å²) in [7, 11) is 1.62. The molecule has 0 aromatic heterocycles. The summed E-state index contributed by atoms with van der Waals surface area (Å²) in [6.45, 7) is 4.35. The normalized spacial score (nSPS) is 12.3. The molecule has 4 nitrogen and oxygen atoms in total. The van der Waals surface area contributed by atoms with Crippen molar-refractivity contribution >= 4 is 5.91 Å². The van der Waals surface area contributed by atoms with Crippen molar-refractivity contribution in [2.24, 2.45) is 11.7 Å². The molecule has 4 heteroatoms. The zero-order valence-corrected chi connectivity index (χ0v) is 10.6. The minimum Gasteiger partial charge on any atom is -0.497 e. The number of nitrogens with one attached hydrogen (secondary N) is 1. The second-order valence-electron chi connectivity index (χ2n) is 4.34. The summed E-state index contributed by atoms with van der Waals surface area (Å²) in [6.07, 6.45) is 0. The van der Waals surface area contributed by atoms with Gasteiger partial charge in [0.05, 0.1) is 13.2 Å². The van der Waals surface area contributed by atoms with Crippen molar-refractivity contribution < 1.29 is 9.53 Å². The second-order valence-corrected chi connectivity index (χ2v) is 4.34. The van der Waals surface area contributed by atoms with Gasteiger partial charge in [-0.25, -0.2) is 0 Å². The number of rotatable bonds is 5. The molecule has 0 unspecified atom stereocenters. The van der Waals surface area contributed by atoms with Crippen LogP contribution in [0.1, 0.15) is 19.4 Å². The van der Waals surface area contributed by atoms with E-state index in [0.29, 0.717) is 6.54 Å². The van der Waals surface area contributed by atoms with Gasteiger partial charge in [0.15, 0.2) is 0 Å². The van der Waals surface area contributed by atoms with Crippen molar-refractivity contribution in [3.05, 3.63) is 29.8 Å². The van der Waals surface area contributed by atoms with Crippen molar-refractivity contribution in [2.75, 3.05) is 7.11 Å². The molecule has 0 spiro atoms. The minimum atomic E-state index is -0.451. The van der Waals surface area contributed by atoms with E-state index in [1.54, 1.807) is 7.11 Å². The van der Waals surface area contributed by atoms with Gasteiger partial charge in [-0.1, -0.05) is 26.0 Å². The second kappa shape index (κ2) is 6.25. The smallest absolute Gasteiger partial charge is 0.237 e. The summed E-state index contributed by atoms with van der Waals surface area (Å²) in [5, 5.41) is 2.81. The molecule has 0 heterocycles. The Morgan fingerprint density at radius 1 is 1.35 bits per heavy atom. The summed E-state index contributed by atoms with van der Waals surface area (Å²) in [5.74, 6) is 0.834.